The molecule has 1 saturated carbocycles. The number of ether oxygens (including phenoxy) is 2. The van der Waals surface area contributed by atoms with Crippen LogP contribution in [0.1, 0.15) is 19.8 Å². The maximum atomic E-state index is 5.77. The molecular weight excluding hydrogens is 294 g/mol. The van der Waals surface area contributed by atoms with Gasteiger partial charge in [-0.1, -0.05) is 6.07 Å². The van der Waals surface area contributed by atoms with Gasteiger partial charge in [0.1, 0.15) is 6.61 Å². The van der Waals surface area contributed by atoms with Gasteiger partial charge in [0.2, 0.25) is 0 Å². The molecule has 0 amide bonds. The first-order valence-electron chi connectivity index (χ1n) is 6.41. The number of rotatable bonds is 7. The van der Waals surface area contributed by atoms with Gasteiger partial charge in [0, 0.05) is 12.6 Å². The second kappa shape index (κ2) is 6.43. The van der Waals surface area contributed by atoms with Crippen molar-refractivity contribution in [1.29, 1.82) is 0 Å². The second-order valence-electron chi connectivity index (χ2n) is 4.70. The van der Waals surface area contributed by atoms with E-state index >= 15 is 0 Å². The smallest absolute Gasteiger partial charge is 0.175 e. The summed E-state index contributed by atoms with van der Waals surface area (Å²) < 4.78 is 12.0. The first-order valence-corrected chi connectivity index (χ1v) is 7.20. The Kier molecular flexibility index (Phi) is 4.89. The average Bonchev–Trinajstić information content (AvgIpc) is 3.19. The van der Waals surface area contributed by atoms with Gasteiger partial charge in [0.15, 0.2) is 11.5 Å². The molecule has 1 aromatic carbocycles. The highest BCUT2D eigenvalue weighted by atomic mass is 79.9. The van der Waals surface area contributed by atoms with E-state index in [0.29, 0.717) is 12.6 Å². The lowest BCUT2D eigenvalue weighted by Gasteiger charge is -2.15. The Morgan fingerprint density at radius 2 is 2.22 bits per heavy atom. The van der Waals surface area contributed by atoms with E-state index in [1.807, 2.05) is 18.2 Å². The van der Waals surface area contributed by atoms with Crippen LogP contribution in [0.5, 0.6) is 11.5 Å². The second-order valence-corrected chi connectivity index (χ2v) is 5.55. The van der Waals surface area contributed by atoms with Gasteiger partial charge in [-0.15, -0.1) is 0 Å². The van der Waals surface area contributed by atoms with Crippen molar-refractivity contribution < 1.29 is 9.47 Å². The largest absolute Gasteiger partial charge is 0.493 e. The molecule has 0 saturated heterocycles. The third-order valence-electron chi connectivity index (χ3n) is 3.29. The first-order chi connectivity index (χ1) is 8.72. The summed E-state index contributed by atoms with van der Waals surface area (Å²) in [4.78, 5) is 0. The fourth-order valence-corrected chi connectivity index (χ4v) is 2.45. The van der Waals surface area contributed by atoms with Gasteiger partial charge in [-0.2, -0.15) is 0 Å². The third kappa shape index (κ3) is 3.62. The van der Waals surface area contributed by atoms with Crippen molar-refractivity contribution in [2.45, 2.75) is 25.8 Å². The summed E-state index contributed by atoms with van der Waals surface area (Å²) in [7, 11) is 1.65. The number of benzene rings is 1. The van der Waals surface area contributed by atoms with Gasteiger partial charge < -0.3 is 14.8 Å². The zero-order valence-electron chi connectivity index (χ0n) is 10.9. The Morgan fingerprint density at radius 1 is 1.44 bits per heavy atom. The molecule has 1 aliphatic rings. The molecule has 0 spiro atoms. The molecule has 0 bridgehead atoms. The van der Waals surface area contributed by atoms with Crippen molar-refractivity contribution >= 4 is 15.9 Å². The van der Waals surface area contributed by atoms with Crippen LogP contribution in [0.3, 0.4) is 0 Å². The quantitative estimate of drug-likeness (QED) is 0.784. The Bertz CT molecular complexity index is 393. The molecule has 1 atom stereocenters. The summed E-state index contributed by atoms with van der Waals surface area (Å²) in [6.07, 6.45) is 2.74. The van der Waals surface area contributed by atoms with E-state index in [-0.39, 0.29) is 0 Å². The molecule has 1 fully saturated rings. The standard InChI is InChI=1S/C14H20BrNO2/c1-10(11-6-7-11)16-8-9-18-14-12(15)4-3-5-13(14)17-2/h3-5,10-11,16H,6-9H2,1-2H3. The first kappa shape index (κ1) is 13.7. The lowest BCUT2D eigenvalue weighted by atomic mass is 10.2. The number of methoxy groups -OCH3 is 1. The highest BCUT2D eigenvalue weighted by Crippen LogP contribution is 2.35. The van der Waals surface area contributed by atoms with Crippen LogP contribution in [0, 0.1) is 5.92 Å². The van der Waals surface area contributed by atoms with E-state index in [1.54, 1.807) is 7.11 Å². The van der Waals surface area contributed by atoms with Crippen LogP contribution < -0.4 is 14.8 Å². The van der Waals surface area contributed by atoms with E-state index in [9.17, 15) is 0 Å². The summed E-state index contributed by atoms with van der Waals surface area (Å²) >= 11 is 3.48. The summed E-state index contributed by atoms with van der Waals surface area (Å²) in [6.45, 7) is 3.76. The van der Waals surface area contributed by atoms with Crippen LogP contribution in [0.25, 0.3) is 0 Å². The maximum Gasteiger partial charge on any atom is 0.175 e. The Hall–Kier alpha value is -0.740. The van der Waals surface area contributed by atoms with Crippen LogP contribution >= 0.6 is 15.9 Å². The fourth-order valence-electron chi connectivity index (χ4n) is 1.99. The molecule has 0 heterocycles. The van der Waals surface area contributed by atoms with Crippen LogP contribution in [0.2, 0.25) is 0 Å². The average molecular weight is 314 g/mol. The molecule has 1 N–H and O–H groups in total. The van der Waals surface area contributed by atoms with Crippen molar-refractivity contribution in [2.24, 2.45) is 5.92 Å². The monoisotopic (exact) mass is 313 g/mol. The highest BCUT2D eigenvalue weighted by molar-refractivity contribution is 9.10. The third-order valence-corrected chi connectivity index (χ3v) is 3.92. The van der Waals surface area contributed by atoms with E-state index in [4.69, 9.17) is 9.47 Å². The van der Waals surface area contributed by atoms with Gasteiger partial charge in [-0.05, 0) is 53.7 Å². The van der Waals surface area contributed by atoms with E-state index < -0.39 is 0 Å². The molecule has 0 radical (unpaired) electrons. The molecule has 100 valence electrons. The maximum absolute atomic E-state index is 5.77. The Labute approximate surface area is 117 Å². The zero-order chi connectivity index (χ0) is 13.0. The molecule has 1 aromatic rings. The predicted molar refractivity (Wildman–Crippen MR) is 76.4 cm³/mol. The lowest BCUT2D eigenvalue weighted by Crippen LogP contribution is -2.31. The number of halogens is 1. The number of para-hydroxylation sites is 1. The van der Waals surface area contributed by atoms with Crippen LogP contribution in [-0.2, 0) is 0 Å². The minimum Gasteiger partial charge on any atom is -0.493 e. The van der Waals surface area contributed by atoms with E-state index in [2.05, 4.69) is 28.2 Å². The Morgan fingerprint density at radius 3 is 2.89 bits per heavy atom. The van der Waals surface area contributed by atoms with E-state index in [1.165, 1.54) is 12.8 Å². The van der Waals surface area contributed by atoms with Crippen LogP contribution in [0.15, 0.2) is 22.7 Å². The summed E-state index contributed by atoms with van der Waals surface area (Å²) in [5.41, 5.74) is 0. The molecule has 1 unspecified atom stereocenters. The molecule has 1 aliphatic carbocycles. The van der Waals surface area contributed by atoms with Crippen LogP contribution in [-0.4, -0.2) is 26.3 Å². The minimum atomic E-state index is 0.606. The van der Waals surface area contributed by atoms with Crippen molar-refractivity contribution in [1.82, 2.24) is 5.32 Å². The summed E-state index contributed by atoms with van der Waals surface area (Å²) in [5, 5.41) is 3.49. The van der Waals surface area contributed by atoms with Gasteiger partial charge in [0.05, 0.1) is 11.6 Å². The molecule has 3 nitrogen and oxygen atoms in total. The molecule has 2 rings (SSSR count). The Balaban J connectivity index is 1.78. The van der Waals surface area contributed by atoms with Crippen molar-refractivity contribution in [3.05, 3.63) is 22.7 Å². The topological polar surface area (TPSA) is 30.5 Å². The highest BCUT2D eigenvalue weighted by Gasteiger charge is 2.27. The molecule has 0 aliphatic heterocycles. The lowest BCUT2D eigenvalue weighted by molar-refractivity contribution is 0.283. The van der Waals surface area contributed by atoms with E-state index in [0.717, 1.165) is 28.4 Å². The van der Waals surface area contributed by atoms with Crippen LogP contribution in [0.4, 0.5) is 0 Å². The SMILES string of the molecule is COc1cccc(Br)c1OCCNC(C)C1CC1. The number of hydrogen-bond donors (Lipinski definition) is 1. The molecule has 4 heteroatoms. The normalized spacial score (nSPS) is 16.4. The minimum absolute atomic E-state index is 0.606. The summed E-state index contributed by atoms with van der Waals surface area (Å²) in [5.74, 6) is 2.42. The zero-order valence-corrected chi connectivity index (χ0v) is 12.5. The number of nitrogens with one attached hydrogen (secondary N) is 1. The van der Waals surface area contributed by atoms with Crippen molar-refractivity contribution in [3.63, 3.8) is 0 Å². The fraction of sp³-hybridized carbons (Fsp3) is 0.571. The van der Waals surface area contributed by atoms with Gasteiger partial charge >= 0.3 is 0 Å². The van der Waals surface area contributed by atoms with Crippen molar-refractivity contribution in [2.75, 3.05) is 20.3 Å². The molecular formula is C14H20BrNO2. The predicted octanol–water partition coefficient (Wildman–Crippen LogP) is 3.22. The molecule has 0 aromatic heterocycles. The number of hydrogen-bond acceptors (Lipinski definition) is 3. The molecule has 18 heavy (non-hydrogen) atoms. The summed E-state index contributed by atoms with van der Waals surface area (Å²) in [6, 6.07) is 6.40. The van der Waals surface area contributed by atoms with Gasteiger partial charge in [0.25, 0.3) is 0 Å². The van der Waals surface area contributed by atoms with Gasteiger partial charge in [-0.25, -0.2) is 0 Å². The van der Waals surface area contributed by atoms with Gasteiger partial charge in [-0.3, -0.25) is 0 Å². The van der Waals surface area contributed by atoms with Crippen molar-refractivity contribution in [3.8, 4) is 11.5 Å².